The third-order valence-electron chi connectivity index (χ3n) is 3.17. The topological polar surface area (TPSA) is 55.6 Å². The Labute approximate surface area is 99.9 Å². The van der Waals surface area contributed by atoms with Gasteiger partial charge in [0.05, 0.1) is 11.9 Å². The molecule has 0 radical (unpaired) electrons. The van der Waals surface area contributed by atoms with E-state index in [9.17, 15) is 0 Å². The highest BCUT2D eigenvalue weighted by Gasteiger charge is 2.17. The summed E-state index contributed by atoms with van der Waals surface area (Å²) in [5.74, 6) is 1.38. The molecule has 1 saturated heterocycles. The molecule has 0 amide bonds. The predicted molar refractivity (Wildman–Crippen MR) is 64.0 cm³/mol. The number of piperidine rings is 1. The Kier molecular flexibility index (Phi) is 2.83. The Morgan fingerprint density at radius 3 is 2.82 bits per heavy atom. The summed E-state index contributed by atoms with van der Waals surface area (Å²) >= 11 is 0. The van der Waals surface area contributed by atoms with Crippen molar-refractivity contribution in [3.63, 3.8) is 0 Å². The number of nitrogens with zero attached hydrogens (tertiary/aromatic N) is 4. The Balaban J connectivity index is 1.88. The maximum absolute atomic E-state index is 4.67. The van der Waals surface area contributed by atoms with Gasteiger partial charge in [0, 0.05) is 24.5 Å². The van der Waals surface area contributed by atoms with Crippen LogP contribution in [0.5, 0.6) is 0 Å². The molecule has 0 atom stereocenters. The fourth-order valence-electron chi connectivity index (χ4n) is 2.20. The van der Waals surface area contributed by atoms with Gasteiger partial charge in [-0.1, -0.05) is 0 Å². The lowest BCUT2D eigenvalue weighted by atomic mass is 9.95. The normalized spacial score (nSPS) is 17.2. The number of rotatable bonds is 2. The van der Waals surface area contributed by atoms with Gasteiger partial charge >= 0.3 is 0 Å². The molecule has 1 aliphatic rings. The second-order valence-electron chi connectivity index (χ2n) is 4.30. The van der Waals surface area contributed by atoms with Crippen molar-refractivity contribution in [2.24, 2.45) is 0 Å². The van der Waals surface area contributed by atoms with Crippen LogP contribution in [0.25, 0.3) is 5.82 Å². The Bertz CT molecular complexity index is 473. The Morgan fingerprint density at radius 1 is 1.18 bits per heavy atom. The number of hydrogen-bond acceptors (Lipinski definition) is 4. The standard InChI is InChI=1S/C12H15N5/c1-3-13-4-2-10(1)11-7-15-8-12(16-11)17-6-5-14-9-17/h5-10,13H,1-4H2. The maximum Gasteiger partial charge on any atom is 0.156 e. The number of aromatic nitrogens is 4. The minimum atomic E-state index is 0.534. The van der Waals surface area contributed by atoms with E-state index >= 15 is 0 Å². The molecule has 0 spiro atoms. The molecule has 0 aliphatic carbocycles. The Morgan fingerprint density at radius 2 is 2.06 bits per heavy atom. The Hall–Kier alpha value is -1.75. The van der Waals surface area contributed by atoms with E-state index in [1.54, 1.807) is 18.7 Å². The van der Waals surface area contributed by atoms with Crippen molar-refractivity contribution in [2.45, 2.75) is 18.8 Å². The van der Waals surface area contributed by atoms with Gasteiger partial charge in [0.15, 0.2) is 5.82 Å². The smallest absolute Gasteiger partial charge is 0.156 e. The van der Waals surface area contributed by atoms with Gasteiger partial charge in [0.1, 0.15) is 6.33 Å². The summed E-state index contributed by atoms with van der Waals surface area (Å²) in [7, 11) is 0. The summed E-state index contributed by atoms with van der Waals surface area (Å²) < 4.78 is 1.89. The predicted octanol–water partition coefficient (Wildman–Crippen LogP) is 1.13. The van der Waals surface area contributed by atoms with Gasteiger partial charge in [0.2, 0.25) is 0 Å². The van der Waals surface area contributed by atoms with E-state index in [2.05, 4.69) is 20.3 Å². The highest BCUT2D eigenvalue weighted by molar-refractivity contribution is 5.21. The van der Waals surface area contributed by atoms with Gasteiger partial charge in [-0.3, -0.25) is 9.55 Å². The van der Waals surface area contributed by atoms with Crippen molar-refractivity contribution in [1.82, 2.24) is 24.8 Å². The molecule has 0 aromatic carbocycles. The molecule has 2 aromatic heterocycles. The molecule has 2 aromatic rings. The van der Waals surface area contributed by atoms with Crippen LogP contribution in [0, 0.1) is 0 Å². The van der Waals surface area contributed by atoms with Crippen molar-refractivity contribution in [2.75, 3.05) is 13.1 Å². The van der Waals surface area contributed by atoms with Crippen LogP contribution in [0.4, 0.5) is 0 Å². The summed E-state index contributed by atoms with van der Waals surface area (Å²) in [6.45, 7) is 2.14. The third kappa shape index (κ3) is 2.19. The molecule has 3 heterocycles. The zero-order valence-corrected chi connectivity index (χ0v) is 9.58. The van der Waals surface area contributed by atoms with Crippen LogP contribution in [0.2, 0.25) is 0 Å². The van der Waals surface area contributed by atoms with Crippen molar-refractivity contribution < 1.29 is 0 Å². The van der Waals surface area contributed by atoms with Crippen LogP contribution in [-0.4, -0.2) is 32.6 Å². The van der Waals surface area contributed by atoms with Gasteiger partial charge in [-0.2, -0.15) is 0 Å². The summed E-state index contributed by atoms with van der Waals surface area (Å²) in [6, 6.07) is 0. The first-order valence-corrected chi connectivity index (χ1v) is 5.94. The molecule has 0 unspecified atom stereocenters. The van der Waals surface area contributed by atoms with E-state index < -0.39 is 0 Å². The molecular weight excluding hydrogens is 214 g/mol. The molecule has 1 fully saturated rings. The molecule has 88 valence electrons. The summed E-state index contributed by atoms with van der Waals surface area (Å²) in [5, 5.41) is 3.36. The average Bonchev–Trinajstić information content (AvgIpc) is 2.94. The lowest BCUT2D eigenvalue weighted by molar-refractivity contribution is 0.452. The van der Waals surface area contributed by atoms with Crippen molar-refractivity contribution in [3.8, 4) is 5.82 Å². The average molecular weight is 229 g/mol. The van der Waals surface area contributed by atoms with Crippen molar-refractivity contribution in [1.29, 1.82) is 0 Å². The lowest BCUT2D eigenvalue weighted by Crippen LogP contribution is -2.27. The van der Waals surface area contributed by atoms with Gasteiger partial charge in [-0.25, -0.2) is 9.97 Å². The molecule has 3 rings (SSSR count). The van der Waals surface area contributed by atoms with Gasteiger partial charge in [-0.05, 0) is 25.9 Å². The van der Waals surface area contributed by atoms with Gasteiger partial charge in [0.25, 0.3) is 0 Å². The van der Waals surface area contributed by atoms with Crippen LogP contribution in [0.3, 0.4) is 0 Å². The van der Waals surface area contributed by atoms with Crippen LogP contribution < -0.4 is 5.32 Å². The molecule has 0 saturated carbocycles. The minimum Gasteiger partial charge on any atom is -0.317 e. The van der Waals surface area contributed by atoms with Gasteiger partial charge in [-0.15, -0.1) is 0 Å². The second kappa shape index (κ2) is 4.63. The molecule has 1 N–H and O–H groups in total. The fraction of sp³-hybridized carbons (Fsp3) is 0.417. The van der Waals surface area contributed by atoms with E-state index in [1.807, 2.05) is 17.0 Å². The largest absolute Gasteiger partial charge is 0.317 e. The monoisotopic (exact) mass is 229 g/mol. The summed E-state index contributed by atoms with van der Waals surface area (Å²) in [5.41, 5.74) is 1.10. The molecule has 1 aliphatic heterocycles. The van der Waals surface area contributed by atoms with E-state index in [1.165, 1.54) is 0 Å². The first-order valence-electron chi connectivity index (χ1n) is 5.94. The summed E-state index contributed by atoms with van der Waals surface area (Å²) in [4.78, 5) is 13.0. The molecule has 0 bridgehead atoms. The molecule has 17 heavy (non-hydrogen) atoms. The highest BCUT2D eigenvalue weighted by Crippen LogP contribution is 2.23. The van der Waals surface area contributed by atoms with E-state index in [0.29, 0.717) is 5.92 Å². The van der Waals surface area contributed by atoms with E-state index in [-0.39, 0.29) is 0 Å². The summed E-state index contributed by atoms with van der Waals surface area (Å²) in [6.07, 6.45) is 11.3. The minimum absolute atomic E-state index is 0.534. The second-order valence-corrected chi connectivity index (χ2v) is 4.30. The SMILES string of the molecule is c1cn(-c2cncc(C3CCNCC3)n2)cn1. The zero-order chi connectivity index (χ0) is 11.5. The van der Waals surface area contributed by atoms with E-state index in [0.717, 1.165) is 37.4 Å². The molecular formula is C12H15N5. The third-order valence-corrected chi connectivity index (χ3v) is 3.17. The number of nitrogens with one attached hydrogen (secondary N) is 1. The fourth-order valence-corrected chi connectivity index (χ4v) is 2.20. The van der Waals surface area contributed by atoms with Crippen molar-refractivity contribution in [3.05, 3.63) is 36.8 Å². The number of imidazole rings is 1. The van der Waals surface area contributed by atoms with Crippen molar-refractivity contribution >= 4 is 0 Å². The maximum atomic E-state index is 4.67. The quantitative estimate of drug-likeness (QED) is 0.838. The molecule has 5 nitrogen and oxygen atoms in total. The first-order chi connectivity index (χ1) is 8.43. The zero-order valence-electron chi connectivity index (χ0n) is 9.58. The van der Waals surface area contributed by atoms with E-state index in [4.69, 9.17) is 0 Å². The lowest BCUT2D eigenvalue weighted by Gasteiger charge is -2.22. The van der Waals surface area contributed by atoms with Crippen LogP contribution in [0.15, 0.2) is 31.1 Å². The van der Waals surface area contributed by atoms with Crippen LogP contribution in [0.1, 0.15) is 24.5 Å². The molecule has 5 heteroatoms. The highest BCUT2D eigenvalue weighted by atomic mass is 15.1. The van der Waals surface area contributed by atoms with Crippen LogP contribution >= 0.6 is 0 Å². The number of hydrogen-bond donors (Lipinski definition) is 1. The van der Waals surface area contributed by atoms with Crippen LogP contribution in [-0.2, 0) is 0 Å². The van der Waals surface area contributed by atoms with Gasteiger partial charge < -0.3 is 5.32 Å². The first kappa shape index (κ1) is 10.4.